The van der Waals surface area contributed by atoms with E-state index >= 15 is 0 Å². The average Bonchev–Trinajstić information content (AvgIpc) is 2.03. The number of rotatable bonds is 5. The molecule has 0 rings (SSSR count). The second-order valence-corrected chi connectivity index (χ2v) is 5.16. The van der Waals surface area contributed by atoms with Crippen molar-refractivity contribution in [1.29, 1.82) is 0 Å². The molecule has 0 saturated heterocycles. The predicted molar refractivity (Wildman–Crippen MR) is 53.9 cm³/mol. The van der Waals surface area contributed by atoms with Gasteiger partial charge in [-0.3, -0.25) is 14.8 Å². The number of nitrogens with one attached hydrogen (secondary N) is 2. The first kappa shape index (κ1) is 12.9. The number of amides is 1. The van der Waals surface area contributed by atoms with Crippen molar-refractivity contribution in [2.45, 2.75) is 19.1 Å². The molecule has 0 fully saturated rings. The number of carbonyl (C=O) groups excluding carboxylic acids is 1. The Kier molecular flexibility index (Phi) is 5.20. The first-order valence-corrected chi connectivity index (χ1v) is 5.63. The zero-order valence-electron chi connectivity index (χ0n) is 8.20. The third-order valence-electron chi connectivity index (χ3n) is 1.39. The molecule has 6 heteroatoms. The largest absolute Gasteiger partial charge is 0.298 e. The Balaban J connectivity index is 4.03. The van der Waals surface area contributed by atoms with Crippen molar-refractivity contribution >= 4 is 15.9 Å². The molecule has 5 nitrogen and oxygen atoms in total. The van der Waals surface area contributed by atoms with E-state index in [1.807, 2.05) is 4.72 Å². The van der Waals surface area contributed by atoms with Gasteiger partial charge in [-0.2, -0.15) is 0 Å². The summed E-state index contributed by atoms with van der Waals surface area (Å²) in [7, 11) is -3.53. The maximum Gasteiger partial charge on any atom is 0.247 e. The van der Waals surface area contributed by atoms with Gasteiger partial charge in [-0.05, 0) is 13.8 Å². The van der Waals surface area contributed by atoms with Crippen LogP contribution in [-0.2, 0) is 14.8 Å². The Bertz CT molecular complexity index is 327. The number of carbonyl (C=O) groups is 1. The van der Waals surface area contributed by atoms with Crippen molar-refractivity contribution in [2.75, 3.05) is 13.1 Å². The van der Waals surface area contributed by atoms with Gasteiger partial charge in [-0.15, -0.1) is 6.42 Å². The van der Waals surface area contributed by atoms with Gasteiger partial charge in [0.25, 0.3) is 0 Å². The Morgan fingerprint density at radius 2 is 2.07 bits per heavy atom. The van der Waals surface area contributed by atoms with E-state index in [-0.39, 0.29) is 13.1 Å². The third-order valence-corrected chi connectivity index (χ3v) is 3.14. The summed E-state index contributed by atoms with van der Waals surface area (Å²) in [6, 6.07) is 0. The fraction of sp³-hybridized carbons (Fsp3) is 0.625. The molecular formula is C8H14N2O3S. The SMILES string of the molecule is C#CCNCC(=O)NS(=O)(=O)C(C)C. The quantitative estimate of drug-likeness (QED) is 0.461. The van der Waals surface area contributed by atoms with Crippen LogP contribution in [0.3, 0.4) is 0 Å². The van der Waals surface area contributed by atoms with Crippen LogP contribution in [-0.4, -0.2) is 32.7 Å². The first-order valence-electron chi connectivity index (χ1n) is 4.08. The van der Waals surface area contributed by atoms with Gasteiger partial charge in [0, 0.05) is 0 Å². The zero-order chi connectivity index (χ0) is 11.2. The Labute approximate surface area is 84.3 Å². The van der Waals surface area contributed by atoms with E-state index in [1.54, 1.807) is 0 Å². The lowest BCUT2D eigenvalue weighted by molar-refractivity contribution is -0.118. The maximum atomic E-state index is 11.2. The summed E-state index contributed by atoms with van der Waals surface area (Å²) in [5.74, 6) is 1.67. The highest BCUT2D eigenvalue weighted by atomic mass is 32.2. The van der Waals surface area contributed by atoms with Crippen molar-refractivity contribution in [3.8, 4) is 12.3 Å². The summed E-state index contributed by atoms with van der Waals surface area (Å²) in [5, 5.41) is 1.96. The molecule has 0 aliphatic carbocycles. The summed E-state index contributed by atoms with van der Waals surface area (Å²) in [5.41, 5.74) is 0. The minimum absolute atomic E-state index is 0.101. The van der Waals surface area contributed by atoms with Gasteiger partial charge in [-0.25, -0.2) is 8.42 Å². The molecule has 1 amide bonds. The minimum Gasteiger partial charge on any atom is -0.298 e. The smallest absolute Gasteiger partial charge is 0.247 e. The topological polar surface area (TPSA) is 75.3 Å². The highest BCUT2D eigenvalue weighted by molar-refractivity contribution is 7.90. The third kappa shape index (κ3) is 4.84. The fourth-order valence-electron chi connectivity index (χ4n) is 0.561. The lowest BCUT2D eigenvalue weighted by Gasteiger charge is -2.09. The van der Waals surface area contributed by atoms with Crippen LogP contribution in [0.4, 0.5) is 0 Å². The van der Waals surface area contributed by atoms with Crippen LogP contribution in [0, 0.1) is 12.3 Å². The Morgan fingerprint density at radius 3 is 2.50 bits per heavy atom. The van der Waals surface area contributed by atoms with Crippen molar-refractivity contribution < 1.29 is 13.2 Å². The van der Waals surface area contributed by atoms with E-state index in [9.17, 15) is 13.2 Å². The first-order chi connectivity index (χ1) is 6.40. The van der Waals surface area contributed by atoms with Crippen LogP contribution in [0.2, 0.25) is 0 Å². The van der Waals surface area contributed by atoms with Gasteiger partial charge in [0.1, 0.15) is 0 Å². The predicted octanol–water partition coefficient (Wildman–Crippen LogP) is -0.936. The summed E-state index contributed by atoms with van der Waals surface area (Å²) >= 11 is 0. The van der Waals surface area contributed by atoms with Crippen molar-refractivity contribution in [3.05, 3.63) is 0 Å². The van der Waals surface area contributed by atoms with Gasteiger partial charge >= 0.3 is 0 Å². The number of sulfonamides is 1. The van der Waals surface area contributed by atoms with Crippen LogP contribution >= 0.6 is 0 Å². The Morgan fingerprint density at radius 1 is 1.50 bits per heavy atom. The lowest BCUT2D eigenvalue weighted by atomic mass is 10.6. The van der Waals surface area contributed by atoms with E-state index in [0.29, 0.717) is 0 Å². The minimum atomic E-state index is -3.53. The maximum absolute atomic E-state index is 11.2. The second kappa shape index (κ2) is 5.62. The van der Waals surface area contributed by atoms with Crippen molar-refractivity contribution in [3.63, 3.8) is 0 Å². The average molecular weight is 218 g/mol. The Hall–Kier alpha value is -1.06. The van der Waals surface area contributed by atoms with Gasteiger partial charge in [0.15, 0.2) is 0 Å². The molecule has 0 heterocycles. The standard InChI is InChI=1S/C8H14N2O3S/c1-4-5-9-6-8(11)10-14(12,13)7(2)3/h1,7,9H,5-6H2,2-3H3,(H,10,11). The summed E-state index contributed by atoms with van der Waals surface area (Å²) in [6.07, 6.45) is 4.93. The summed E-state index contributed by atoms with van der Waals surface area (Å²) < 4.78 is 24.3. The van der Waals surface area contributed by atoms with Gasteiger partial charge in [0.05, 0.1) is 18.3 Å². The lowest BCUT2D eigenvalue weighted by Crippen LogP contribution is -2.40. The van der Waals surface area contributed by atoms with E-state index in [1.165, 1.54) is 13.8 Å². The molecule has 0 aromatic rings. The molecule has 0 aromatic carbocycles. The molecule has 0 radical (unpaired) electrons. The van der Waals surface area contributed by atoms with E-state index in [4.69, 9.17) is 6.42 Å². The molecule has 2 N–H and O–H groups in total. The van der Waals surface area contributed by atoms with Gasteiger partial charge in [0.2, 0.25) is 15.9 Å². The van der Waals surface area contributed by atoms with Crippen LogP contribution < -0.4 is 10.0 Å². The molecule has 80 valence electrons. The fourth-order valence-corrected chi connectivity index (χ4v) is 1.19. The molecular weight excluding hydrogens is 204 g/mol. The van der Waals surface area contributed by atoms with Crippen LogP contribution in [0.15, 0.2) is 0 Å². The van der Waals surface area contributed by atoms with Gasteiger partial charge in [-0.1, -0.05) is 5.92 Å². The number of terminal acetylenes is 1. The summed E-state index contributed by atoms with van der Waals surface area (Å²) in [6.45, 7) is 3.11. The number of hydrogen-bond donors (Lipinski definition) is 2. The molecule has 0 aliphatic heterocycles. The summed E-state index contributed by atoms with van der Waals surface area (Å²) in [4.78, 5) is 11.0. The van der Waals surface area contributed by atoms with Gasteiger partial charge < -0.3 is 0 Å². The van der Waals surface area contributed by atoms with E-state index in [0.717, 1.165) is 0 Å². The van der Waals surface area contributed by atoms with E-state index in [2.05, 4.69) is 11.2 Å². The monoisotopic (exact) mass is 218 g/mol. The van der Waals surface area contributed by atoms with Crippen LogP contribution in [0.1, 0.15) is 13.8 Å². The second-order valence-electron chi connectivity index (χ2n) is 2.93. The molecule has 0 spiro atoms. The zero-order valence-corrected chi connectivity index (χ0v) is 9.02. The van der Waals surface area contributed by atoms with Crippen molar-refractivity contribution in [1.82, 2.24) is 10.0 Å². The van der Waals surface area contributed by atoms with Crippen LogP contribution in [0.5, 0.6) is 0 Å². The molecule has 0 saturated carbocycles. The molecule has 0 atom stereocenters. The van der Waals surface area contributed by atoms with Crippen molar-refractivity contribution in [2.24, 2.45) is 0 Å². The highest BCUT2D eigenvalue weighted by Crippen LogP contribution is 1.94. The molecule has 0 aliphatic rings. The molecule has 0 bridgehead atoms. The highest BCUT2D eigenvalue weighted by Gasteiger charge is 2.17. The molecule has 14 heavy (non-hydrogen) atoms. The van der Waals surface area contributed by atoms with Crippen LogP contribution in [0.25, 0.3) is 0 Å². The van der Waals surface area contributed by atoms with E-state index < -0.39 is 21.2 Å². The normalized spacial score (nSPS) is 11.0. The molecule has 0 aromatic heterocycles. The molecule has 0 unspecified atom stereocenters. The number of hydrogen-bond acceptors (Lipinski definition) is 4.